The smallest absolute Gasteiger partial charge is 0.329 e. The average Bonchev–Trinajstić information content (AvgIpc) is 2.65. The van der Waals surface area contributed by atoms with Gasteiger partial charge in [0.2, 0.25) is 0 Å². The van der Waals surface area contributed by atoms with Crippen LogP contribution in [0.4, 0.5) is 5.00 Å². The molecular formula is C9H10N2O5S. The molecule has 0 fully saturated rings. The van der Waals surface area contributed by atoms with Crippen LogP contribution >= 0.6 is 11.3 Å². The van der Waals surface area contributed by atoms with Gasteiger partial charge in [-0.15, -0.1) is 11.3 Å². The number of primary amides is 1. The van der Waals surface area contributed by atoms with Gasteiger partial charge in [0, 0.05) is 0 Å². The van der Waals surface area contributed by atoms with Gasteiger partial charge in [-0.2, -0.15) is 0 Å². The Labute approximate surface area is 100 Å². The largest absolute Gasteiger partial charge is 0.480 e. The zero-order chi connectivity index (χ0) is 12.8. The summed E-state index contributed by atoms with van der Waals surface area (Å²) in [7, 11) is 0. The lowest BCUT2D eigenvalue weighted by Gasteiger charge is -2.04. The molecule has 0 radical (unpaired) electrons. The van der Waals surface area contributed by atoms with E-state index in [1.165, 1.54) is 6.07 Å². The number of carboxylic acids is 1. The molecule has 7 nitrogen and oxygen atoms in total. The van der Waals surface area contributed by atoms with Crippen molar-refractivity contribution in [3.05, 3.63) is 17.0 Å². The Morgan fingerprint density at radius 3 is 2.71 bits per heavy atom. The van der Waals surface area contributed by atoms with Crippen molar-refractivity contribution in [3.63, 3.8) is 0 Å². The van der Waals surface area contributed by atoms with Crippen LogP contribution in [0.3, 0.4) is 0 Å². The number of carbonyl (C=O) groups is 3. The van der Waals surface area contributed by atoms with Crippen LogP contribution in [0.2, 0.25) is 0 Å². The highest BCUT2D eigenvalue weighted by Crippen LogP contribution is 2.22. The van der Waals surface area contributed by atoms with Crippen LogP contribution in [0.15, 0.2) is 11.4 Å². The van der Waals surface area contributed by atoms with Gasteiger partial charge in [0.1, 0.15) is 18.2 Å². The fourth-order valence-corrected chi connectivity index (χ4v) is 1.80. The Balaban J connectivity index is 2.48. The molecule has 0 atom stereocenters. The molecule has 0 aliphatic heterocycles. The second kappa shape index (κ2) is 5.97. The second-order valence-electron chi connectivity index (χ2n) is 2.96. The summed E-state index contributed by atoms with van der Waals surface area (Å²) in [5.74, 6) is -2.35. The summed E-state index contributed by atoms with van der Waals surface area (Å²) >= 11 is 1.14. The Bertz CT molecular complexity index is 442. The normalized spacial score (nSPS) is 9.88. The maximum Gasteiger partial charge on any atom is 0.329 e. The lowest BCUT2D eigenvalue weighted by Crippen LogP contribution is -2.22. The van der Waals surface area contributed by atoms with Crippen molar-refractivity contribution in [2.24, 2.45) is 5.73 Å². The molecular weight excluding hydrogens is 248 g/mol. The molecule has 0 aliphatic carbocycles. The van der Waals surface area contributed by atoms with E-state index in [0.717, 1.165) is 11.3 Å². The topological polar surface area (TPSA) is 119 Å². The number of aliphatic carboxylic acids is 1. The van der Waals surface area contributed by atoms with Crippen LogP contribution in [0.1, 0.15) is 10.4 Å². The number of thiophene rings is 1. The van der Waals surface area contributed by atoms with Crippen molar-refractivity contribution in [1.82, 2.24) is 0 Å². The van der Waals surface area contributed by atoms with Gasteiger partial charge in [0.25, 0.3) is 11.8 Å². The minimum atomic E-state index is -1.16. The summed E-state index contributed by atoms with van der Waals surface area (Å²) in [4.78, 5) is 32.4. The Kier molecular flexibility index (Phi) is 4.61. The minimum Gasteiger partial charge on any atom is -0.480 e. The van der Waals surface area contributed by atoms with E-state index in [2.05, 4.69) is 10.1 Å². The molecule has 2 amide bonds. The zero-order valence-corrected chi connectivity index (χ0v) is 9.45. The number of nitrogens with two attached hydrogens (primary N) is 1. The van der Waals surface area contributed by atoms with Crippen molar-refractivity contribution in [1.29, 1.82) is 0 Å². The van der Waals surface area contributed by atoms with E-state index in [9.17, 15) is 14.4 Å². The fourth-order valence-electron chi connectivity index (χ4n) is 0.994. The van der Waals surface area contributed by atoms with E-state index in [1.807, 2.05) is 0 Å². The highest BCUT2D eigenvalue weighted by Gasteiger charge is 2.12. The molecule has 1 rings (SSSR count). The number of hydrogen-bond acceptors (Lipinski definition) is 5. The Hall–Kier alpha value is -1.93. The summed E-state index contributed by atoms with van der Waals surface area (Å²) in [6.07, 6.45) is 0. The number of ether oxygens (including phenoxy) is 1. The molecule has 0 unspecified atom stereocenters. The second-order valence-corrected chi connectivity index (χ2v) is 3.88. The SMILES string of the molecule is NC(=O)c1ccsc1NC(=O)COCC(=O)O. The van der Waals surface area contributed by atoms with Gasteiger partial charge in [-0.05, 0) is 11.4 Å². The molecule has 0 aliphatic rings. The van der Waals surface area contributed by atoms with Crippen molar-refractivity contribution >= 4 is 34.1 Å². The van der Waals surface area contributed by atoms with Gasteiger partial charge in [-0.3, -0.25) is 9.59 Å². The maximum absolute atomic E-state index is 11.3. The zero-order valence-electron chi connectivity index (χ0n) is 8.63. The molecule has 1 aromatic rings. The van der Waals surface area contributed by atoms with Crippen LogP contribution in [0, 0.1) is 0 Å². The monoisotopic (exact) mass is 258 g/mol. The average molecular weight is 258 g/mol. The van der Waals surface area contributed by atoms with E-state index in [4.69, 9.17) is 10.8 Å². The van der Waals surface area contributed by atoms with Crippen LogP contribution in [-0.2, 0) is 14.3 Å². The molecule has 1 heterocycles. The van der Waals surface area contributed by atoms with Gasteiger partial charge in [0.15, 0.2) is 0 Å². The standard InChI is InChI=1S/C9H10N2O5S/c10-8(15)5-1-2-17-9(5)11-6(12)3-16-4-7(13)14/h1-2H,3-4H2,(H2,10,15)(H,11,12)(H,13,14). The number of amides is 2. The highest BCUT2D eigenvalue weighted by molar-refractivity contribution is 7.14. The predicted molar refractivity (Wildman–Crippen MR) is 59.9 cm³/mol. The van der Waals surface area contributed by atoms with E-state index >= 15 is 0 Å². The third kappa shape index (κ3) is 4.21. The first-order chi connectivity index (χ1) is 8.00. The quantitative estimate of drug-likeness (QED) is 0.657. The van der Waals surface area contributed by atoms with Crippen molar-refractivity contribution in [2.75, 3.05) is 18.5 Å². The summed E-state index contributed by atoms with van der Waals surface area (Å²) in [5.41, 5.74) is 5.29. The minimum absolute atomic E-state index is 0.210. The van der Waals surface area contributed by atoms with Gasteiger partial charge in [0.05, 0.1) is 5.56 Å². The first-order valence-corrected chi connectivity index (χ1v) is 5.35. The number of nitrogens with one attached hydrogen (secondary N) is 1. The molecule has 17 heavy (non-hydrogen) atoms. The first kappa shape index (κ1) is 13.1. The highest BCUT2D eigenvalue weighted by atomic mass is 32.1. The number of anilines is 1. The van der Waals surface area contributed by atoms with Crippen molar-refractivity contribution in [3.8, 4) is 0 Å². The third-order valence-electron chi connectivity index (χ3n) is 1.64. The lowest BCUT2D eigenvalue weighted by molar-refractivity contribution is -0.143. The molecule has 4 N–H and O–H groups in total. The van der Waals surface area contributed by atoms with Gasteiger partial charge in [-0.1, -0.05) is 0 Å². The molecule has 0 saturated carbocycles. The van der Waals surface area contributed by atoms with E-state index in [0.29, 0.717) is 5.00 Å². The van der Waals surface area contributed by atoms with Gasteiger partial charge in [-0.25, -0.2) is 4.79 Å². The molecule has 1 aromatic heterocycles. The van der Waals surface area contributed by atoms with Gasteiger partial charge >= 0.3 is 5.97 Å². The van der Waals surface area contributed by atoms with E-state index in [-0.39, 0.29) is 5.56 Å². The fraction of sp³-hybridized carbons (Fsp3) is 0.222. The number of hydrogen-bond donors (Lipinski definition) is 3. The summed E-state index contributed by atoms with van der Waals surface area (Å²) in [5, 5.41) is 12.6. The van der Waals surface area contributed by atoms with Crippen molar-refractivity contribution < 1.29 is 24.2 Å². The van der Waals surface area contributed by atoms with Crippen LogP contribution in [-0.4, -0.2) is 36.1 Å². The summed E-state index contributed by atoms with van der Waals surface area (Å²) < 4.78 is 4.58. The molecule has 0 spiro atoms. The lowest BCUT2D eigenvalue weighted by atomic mass is 10.3. The van der Waals surface area contributed by atoms with E-state index < -0.39 is 31.0 Å². The summed E-state index contributed by atoms with van der Waals surface area (Å²) in [6.45, 7) is -0.955. The number of rotatable bonds is 6. The molecule has 92 valence electrons. The van der Waals surface area contributed by atoms with Crippen LogP contribution in [0.5, 0.6) is 0 Å². The number of carbonyl (C=O) groups excluding carboxylic acids is 2. The van der Waals surface area contributed by atoms with E-state index in [1.54, 1.807) is 5.38 Å². The Morgan fingerprint density at radius 2 is 2.12 bits per heavy atom. The maximum atomic E-state index is 11.3. The molecule has 0 saturated heterocycles. The first-order valence-electron chi connectivity index (χ1n) is 4.47. The molecule has 0 bridgehead atoms. The summed E-state index contributed by atoms with van der Waals surface area (Å²) in [6, 6.07) is 1.49. The predicted octanol–water partition coefficient (Wildman–Crippen LogP) is -0.113. The Morgan fingerprint density at radius 1 is 1.41 bits per heavy atom. The number of carboxylic acid groups (broad SMARTS) is 1. The van der Waals surface area contributed by atoms with Gasteiger partial charge < -0.3 is 20.9 Å². The molecule has 8 heteroatoms. The third-order valence-corrected chi connectivity index (χ3v) is 2.47. The van der Waals surface area contributed by atoms with Crippen LogP contribution in [0.25, 0.3) is 0 Å². The molecule has 0 aromatic carbocycles. The van der Waals surface area contributed by atoms with Crippen molar-refractivity contribution in [2.45, 2.75) is 0 Å². The van der Waals surface area contributed by atoms with Crippen LogP contribution < -0.4 is 11.1 Å².